The van der Waals surface area contributed by atoms with Crippen LogP contribution in [-0.4, -0.2) is 18.7 Å². The first kappa shape index (κ1) is 12.4. The van der Waals surface area contributed by atoms with Crippen molar-refractivity contribution in [3.63, 3.8) is 0 Å². The second kappa shape index (κ2) is 5.42. The topological polar surface area (TPSA) is 22.1 Å². The number of ether oxygens (including phenoxy) is 1. The number of hydrogen-bond acceptors (Lipinski definition) is 2. The summed E-state index contributed by atoms with van der Waals surface area (Å²) in [5.41, 5.74) is 1.69. The van der Waals surface area contributed by atoms with Crippen LogP contribution in [0.5, 0.6) is 0 Å². The lowest BCUT2D eigenvalue weighted by Gasteiger charge is -2.11. The number of rotatable bonds is 4. The van der Waals surface area contributed by atoms with Crippen molar-refractivity contribution in [3.8, 4) is 0 Å². The van der Waals surface area contributed by atoms with Crippen molar-refractivity contribution in [2.45, 2.75) is 25.6 Å². The Labute approximate surface area is 94.4 Å². The highest BCUT2D eigenvalue weighted by molar-refractivity contribution is 6.20. The van der Waals surface area contributed by atoms with Crippen LogP contribution in [-0.2, 0) is 4.74 Å². The quantitative estimate of drug-likeness (QED) is 0.743. The highest BCUT2D eigenvalue weighted by Gasteiger charge is 2.16. The molecule has 2 nitrogen and oxygen atoms in total. The molecule has 4 heteroatoms. The maximum absolute atomic E-state index is 13.7. The van der Waals surface area contributed by atoms with Gasteiger partial charge in [0.1, 0.15) is 5.82 Å². The van der Waals surface area contributed by atoms with E-state index in [1.807, 2.05) is 6.92 Å². The molecule has 1 unspecified atom stereocenters. The monoisotopic (exact) mass is 231 g/mol. The van der Waals surface area contributed by atoms with Crippen LogP contribution >= 0.6 is 11.6 Å². The lowest BCUT2D eigenvalue weighted by Crippen LogP contribution is -2.05. The van der Waals surface area contributed by atoms with Gasteiger partial charge in [-0.25, -0.2) is 4.39 Å². The van der Waals surface area contributed by atoms with Crippen LogP contribution in [0.4, 0.5) is 4.39 Å². The van der Waals surface area contributed by atoms with Gasteiger partial charge in [0, 0.05) is 19.4 Å². The highest BCUT2D eigenvalue weighted by Crippen LogP contribution is 2.26. The fourth-order valence-electron chi connectivity index (χ4n) is 1.42. The Morgan fingerprint density at radius 3 is 2.80 bits per heavy atom. The van der Waals surface area contributed by atoms with Crippen molar-refractivity contribution in [3.05, 3.63) is 28.8 Å². The average molecular weight is 232 g/mol. The number of pyridine rings is 1. The Kier molecular flexibility index (Phi) is 4.48. The van der Waals surface area contributed by atoms with Gasteiger partial charge in [0.2, 0.25) is 0 Å². The lowest BCUT2D eigenvalue weighted by molar-refractivity contribution is 0.193. The molecule has 1 aromatic heterocycles. The number of aromatic nitrogens is 1. The molecule has 0 aliphatic heterocycles. The van der Waals surface area contributed by atoms with Gasteiger partial charge in [0.25, 0.3) is 0 Å². The zero-order chi connectivity index (χ0) is 11.4. The minimum absolute atomic E-state index is 0.309. The second-order valence-corrected chi connectivity index (χ2v) is 4.06. The summed E-state index contributed by atoms with van der Waals surface area (Å²) >= 11 is 6.05. The molecule has 0 aliphatic rings. The fourth-order valence-corrected chi connectivity index (χ4v) is 1.65. The van der Waals surface area contributed by atoms with E-state index in [9.17, 15) is 4.39 Å². The van der Waals surface area contributed by atoms with Gasteiger partial charge in [-0.05, 0) is 31.9 Å². The SMILES string of the molecule is COCCC(Cl)c1nc(C)cc(C)c1F. The third kappa shape index (κ3) is 3.14. The van der Waals surface area contributed by atoms with E-state index >= 15 is 0 Å². The molecule has 0 spiro atoms. The summed E-state index contributed by atoms with van der Waals surface area (Å²) in [6, 6.07) is 1.71. The molecule has 0 saturated carbocycles. The standard InChI is InChI=1S/C11H15ClFNO/c1-7-6-8(2)14-11(10(7)13)9(12)4-5-15-3/h6,9H,4-5H2,1-3H3. The molecule has 0 amide bonds. The predicted octanol–water partition coefficient (Wildman–Crippen LogP) is 3.15. The first-order chi connectivity index (χ1) is 7.06. The van der Waals surface area contributed by atoms with Crippen LogP contribution < -0.4 is 0 Å². The molecule has 1 heterocycles. The van der Waals surface area contributed by atoms with Gasteiger partial charge in [0.15, 0.2) is 0 Å². The third-order valence-corrected chi connectivity index (χ3v) is 2.59. The molecular formula is C11H15ClFNO. The van der Waals surface area contributed by atoms with E-state index in [-0.39, 0.29) is 5.82 Å². The first-order valence-electron chi connectivity index (χ1n) is 4.83. The van der Waals surface area contributed by atoms with E-state index in [4.69, 9.17) is 16.3 Å². The minimum atomic E-state index is -0.427. The number of halogens is 2. The Balaban J connectivity index is 2.92. The van der Waals surface area contributed by atoms with Crippen LogP contribution in [0.2, 0.25) is 0 Å². The molecule has 1 rings (SSSR count). The lowest BCUT2D eigenvalue weighted by atomic mass is 10.1. The van der Waals surface area contributed by atoms with Gasteiger partial charge in [0.05, 0.1) is 11.1 Å². The Morgan fingerprint density at radius 1 is 1.53 bits per heavy atom. The molecule has 0 fully saturated rings. The van der Waals surface area contributed by atoms with Crippen molar-refractivity contribution in [1.29, 1.82) is 0 Å². The second-order valence-electron chi connectivity index (χ2n) is 3.53. The summed E-state index contributed by atoms with van der Waals surface area (Å²) in [5.74, 6) is -0.309. The highest BCUT2D eigenvalue weighted by atomic mass is 35.5. The van der Waals surface area contributed by atoms with Gasteiger partial charge in [-0.3, -0.25) is 4.98 Å². The molecule has 84 valence electrons. The fraction of sp³-hybridized carbons (Fsp3) is 0.545. The van der Waals surface area contributed by atoms with Crippen molar-refractivity contribution in [2.24, 2.45) is 0 Å². The van der Waals surface area contributed by atoms with E-state index in [1.165, 1.54) is 0 Å². The first-order valence-corrected chi connectivity index (χ1v) is 5.26. The van der Waals surface area contributed by atoms with E-state index in [0.29, 0.717) is 24.3 Å². The zero-order valence-electron chi connectivity index (χ0n) is 9.18. The van der Waals surface area contributed by atoms with E-state index in [2.05, 4.69) is 4.98 Å². The number of aryl methyl sites for hydroxylation is 2. The van der Waals surface area contributed by atoms with Crippen LogP contribution in [0.15, 0.2) is 6.07 Å². The van der Waals surface area contributed by atoms with Gasteiger partial charge in [-0.15, -0.1) is 11.6 Å². The third-order valence-electron chi connectivity index (χ3n) is 2.17. The predicted molar refractivity (Wildman–Crippen MR) is 58.8 cm³/mol. The van der Waals surface area contributed by atoms with Crippen LogP contribution in [0, 0.1) is 19.7 Å². The van der Waals surface area contributed by atoms with E-state index in [1.54, 1.807) is 20.1 Å². The smallest absolute Gasteiger partial charge is 0.149 e. The Bertz CT molecular complexity index is 344. The number of methoxy groups -OCH3 is 1. The summed E-state index contributed by atoms with van der Waals surface area (Å²) in [5, 5.41) is -0.427. The van der Waals surface area contributed by atoms with Gasteiger partial charge in [-0.2, -0.15) is 0 Å². The molecule has 0 aliphatic carbocycles. The Hall–Kier alpha value is -0.670. The molecule has 0 aromatic carbocycles. The van der Waals surface area contributed by atoms with Gasteiger partial charge >= 0.3 is 0 Å². The molecule has 15 heavy (non-hydrogen) atoms. The van der Waals surface area contributed by atoms with Crippen molar-refractivity contribution in [1.82, 2.24) is 4.98 Å². The van der Waals surface area contributed by atoms with Crippen molar-refractivity contribution in [2.75, 3.05) is 13.7 Å². The summed E-state index contributed by atoms with van der Waals surface area (Å²) in [7, 11) is 1.59. The summed E-state index contributed by atoms with van der Waals surface area (Å²) in [4.78, 5) is 4.12. The molecule has 0 N–H and O–H groups in total. The van der Waals surface area contributed by atoms with Gasteiger partial charge < -0.3 is 4.74 Å². The number of hydrogen-bond donors (Lipinski definition) is 0. The number of nitrogens with zero attached hydrogens (tertiary/aromatic N) is 1. The van der Waals surface area contributed by atoms with Gasteiger partial charge in [-0.1, -0.05) is 0 Å². The average Bonchev–Trinajstić information content (AvgIpc) is 2.19. The van der Waals surface area contributed by atoms with Crippen molar-refractivity contribution >= 4 is 11.6 Å². The van der Waals surface area contributed by atoms with Crippen LogP contribution in [0.3, 0.4) is 0 Å². The Morgan fingerprint density at radius 2 is 2.20 bits per heavy atom. The normalized spacial score (nSPS) is 12.9. The minimum Gasteiger partial charge on any atom is -0.385 e. The maximum Gasteiger partial charge on any atom is 0.149 e. The van der Waals surface area contributed by atoms with E-state index in [0.717, 1.165) is 5.69 Å². The summed E-state index contributed by atoms with van der Waals surface area (Å²) in [6.45, 7) is 4.05. The summed E-state index contributed by atoms with van der Waals surface area (Å²) in [6.07, 6.45) is 0.560. The largest absolute Gasteiger partial charge is 0.385 e. The maximum atomic E-state index is 13.7. The molecule has 0 saturated heterocycles. The number of alkyl halides is 1. The zero-order valence-corrected chi connectivity index (χ0v) is 9.94. The van der Waals surface area contributed by atoms with Crippen molar-refractivity contribution < 1.29 is 9.13 Å². The molecule has 1 atom stereocenters. The molecule has 0 bridgehead atoms. The molecular weight excluding hydrogens is 217 g/mol. The molecule has 0 radical (unpaired) electrons. The van der Waals surface area contributed by atoms with Crippen LogP contribution in [0.1, 0.15) is 28.7 Å². The van der Waals surface area contributed by atoms with Crippen LogP contribution in [0.25, 0.3) is 0 Å². The van der Waals surface area contributed by atoms with E-state index < -0.39 is 5.38 Å². The summed E-state index contributed by atoms with van der Waals surface area (Å²) < 4.78 is 18.6. The molecule has 1 aromatic rings.